The van der Waals surface area contributed by atoms with E-state index in [9.17, 15) is 13.2 Å². The Kier molecular flexibility index (Phi) is 5.99. The summed E-state index contributed by atoms with van der Waals surface area (Å²) in [5.74, 6) is 1.29. The second-order valence-electron chi connectivity index (χ2n) is 7.83. The Morgan fingerprint density at radius 2 is 1.50 bits per heavy atom. The molecule has 30 heavy (non-hydrogen) atoms. The summed E-state index contributed by atoms with van der Waals surface area (Å²) in [6, 6.07) is 15.7. The Hall–Kier alpha value is -2.54. The molecule has 0 saturated carbocycles. The third kappa shape index (κ3) is 4.17. The van der Waals surface area contributed by atoms with Crippen molar-refractivity contribution in [1.82, 2.24) is 4.90 Å². The Morgan fingerprint density at radius 1 is 0.933 bits per heavy atom. The van der Waals surface area contributed by atoms with Gasteiger partial charge >= 0.3 is 0 Å². The van der Waals surface area contributed by atoms with Gasteiger partial charge in [-0.2, -0.15) is 0 Å². The van der Waals surface area contributed by atoms with Gasteiger partial charge < -0.3 is 14.4 Å². The molecule has 2 aliphatic heterocycles. The first-order valence-electron chi connectivity index (χ1n) is 10.4. The van der Waals surface area contributed by atoms with Crippen LogP contribution in [0.4, 0.5) is 0 Å². The number of sulfone groups is 1. The molecule has 2 aromatic rings. The van der Waals surface area contributed by atoms with Crippen LogP contribution in [0.5, 0.6) is 11.5 Å². The third-order valence-corrected chi connectivity index (χ3v) is 8.18. The number of piperidine rings is 1. The van der Waals surface area contributed by atoms with Gasteiger partial charge in [-0.25, -0.2) is 8.42 Å². The number of amides is 1. The van der Waals surface area contributed by atoms with Crippen molar-refractivity contribution in [3.05, 3.63) is 54.6 Å². The fraction of sp³-hybridized carbons (Fsp3) is 0.435. The molecular weight excluding hydrogens is 402 g/mol. The molecule has 2 aliphatic rings. The number of nitrogens with zero attached hydrogens (tertiary/aromatic N) is 1. The van der Waals surface area contributed by atoms with Crippen LogP contribution in [0.25, 0.3) is 0 Å². The molecule has 0 radical (unpaired) electrons. The summed E-state index contributed by atoms with van der Waals surface area (Å²) in [5.41, 5.74) is 0. The molecule has 0 aliphatic carbocycles. The smallest absolute Gasteiger partial charge is 0.261 e. The topological polar surface area (TPSA) is 72.9 Å². The van der Waals surface area contributed by atoms with Crippen LogP contribution in [0.2, 0.25) is 0 Å². The Balaban J connectivity index is 1.38. The number of carbonyl (C=O) groups excluding carboxylic acids is 1. The van der Waals surface area contributed by atoms with Crippen LogP contribution >= 0.6 is 0 Å². The first-order chi connectivity index (χ1) is 14.5. The lowest BCUT2D eigenvalue weighted by Crippen LogP contribution is -2.51. The van der Waals surface area contributed by atoms with Gasteiger partial charge in [0.15, 0.2) is 16.4 Å². The summed E-state index contributed by atoms with van der Waals surface area (Å²) < 4.78 is 37.1. The predicted octanol–water partition coefficient (Wildman–Crippen LogP) is 3.46. The molecule has 4 rings (SSSR count). The second-order valence-corrected chi connectivity index (χ2v) is 10.1. The number of carbonyl (C=O) groups is 1. The number of hydrogen-bond acceptors (Lipinski definition) is 5. The van der Waals surface area contributed by atoms with Crippen molar-refractivity contribution in [2.24, 2.45) is 0 Å². The summed E-state index contributed by atoms with van der Waals surface area (Å²) in [6.07, 6.45) is 2.67. The number of fused-ring (bicyclic) bond motifs is 2. The maximum absolute atomic E-state index is 13.0. The highest BCUT2D eigenvalue weighted by atomic mass is 32.2. The molecule has 0 spiro atoms. The van der Waals surface area contributed by atoms with Crippen molar-refractivity contribution in [2.45, 2.75) is 54.8 Å². The highest BCUT2D eigenvalue weighted by Gasteiger charge is 2.47. The fourth-order valence-corrected chi connectivity index (χ4v) is 6.48. The van der Waals surface area contributed by atoms with Gasteiger partial charge in [-0.15, -0.1) is 0 Å². The zero-order valence-electron chi connectivity index (χ0n) is 17.1. The normalized spacial score (nSPS) is 23.2. The third-order valence-electron chi connectivity index (χ3n) is 5.99. The zero-order valence-corrected chi connectivity index (χ0v) is 17.9. The van der Waals surface area contributed by atoms with E-state index in [0.717, 1.165) is 18.6 Å². The van der Waals surface area contributed by atoms with Crippen molar-refractivity contribution in [3.63, 3.8) is 0 Å². The van der Waals surface area contributed by atoms with Crippen LogP contribution in [0.1, 0.15) is 32.6 Å². The molecule has 2 bridgehead atoms. The van der Waals surface area contributed by atoms with E-state index < -0.39 is 15.1 Å². The monoisotopic (exact) mass is 429 g/mol. The van der Waals surface area contributed by atoms with E-state index >= 15 is 0 Å². The summed E-state index contributed by atoms with van der Waals surface area (Å²) in [5, 5.41) is -0.437. The quantitative estimate of drug-likeness (QED) is 0.674. The van der Waals surface area contributed by atoms with Crippen LogP contribution < -0.4 is 9.47 Å². The molecule has 0 aromatic heterocycles. The van der Waals surface area contributed by atoms with E-state index in [4.69, 9.17) is 9.47 Å². The lowest BCUT2D eigenvalue weighted by atomic mass is 10.0. The molecule has 2 aromatic carbocycles. The molecule has 2 fully saturated rings. The number of rotatable bonds is 7. The Morgan fingerprint density at radius 3 is 2.07 bits per heavy atom. The van der Waals surface area contributed by atoms with Gasteiger partial charge in [0.25, 0.3) is 5.91 Å². The first kappa shape index (κ1) is 20.7. The van der Waals surface area contributed by atoms with Crippen molar-refractivity contribution in [3.8, 4) is 11.5 Å². The molecule has 2 unspecified atom stereocenters. The predicted molar refractivity (Wildman–Crippen MR) is 113 cm³/mol. The minimum Gasteiger partial charge on any atom is -0.494 e. The average molecular weight is 430 g/mol. The van der Waals surface area contributed by atoms with Crippen molar-refractivity contribution >= 4 is 15.7 Å². The van der Waals surface area contributed by atoms with E-state index in [2.05, 4.69) is 0 Å². The van der Waals surface area contributed by atoms with E-state index in [1.54, 1.807) is 36.4 Å². The van der Waals surface area contributed by atoms with E-state index in [1.165, 1.54) is 0 Å². The molecule has 2 saturated heterocycles. The lowest BCUT2D eigenvalue weighted by molar-refractivity contribution is -0.137. The molecule has 1 amide bonds. The zero-order chi connectivity index (χ0) is 21.1. The second kappa shape index (κ2) is 8.68. The maximum Gasteiger partial charge on any atom is 0.261 e. The van der Waals surface area contributed by atoms with Gasteiger partial charge in [-0.1, -0.05) is 18.2 Å². The van der Waals surface area contributed by atoms with Crippen LogP contribution in [0.15, 0.2) is 59.5 Å². The van der Waals surface area contributed by atoms with E-state index in [-0.39, 0.29) is 24.6 Å². The highest BCUT2D eigenvalue weighted by molar-refractivity contribution is 7.92. The SMILES string of the molecule is CCOc1ccc(OCC(=O)N2C3CCC2CC(S(=O)(=O)c2ccccc2)C3)cc1. The molecule has 7 heteroatoms. The van der Waals surface area contributed by atoms with Gasteiger partial charge in [0, 0.05) is 12.1 Å². The Labute approximate surface area is 177 Å². The molecular formula is C23H27NO5S. The van der Waals surface area contributed by atoms with Gasteiger partial charge in [0.05, 0.1) is 16.8 Å². The summed E-state index contributed by atoms with van der Waals surface area (Å²) >= 11 is 0. The van der Waals surface area contributed by atoms with Gasteiger partial charge in [-0.05, 0) is 69.0 Å². The van der Waals surface area contributed by atoms with Crippen LogP contribution in [0, 0.1) is 0 Å². The summed E-state index contributed by atoms with van der Waals surface area (Å²) in [7, 11) is -3.38. The fourth-order valence-electron chi connectivity index (χ4n) is 4.61. The summed E-state index contributed by atoms with van der Waals surface area (Å²) in [6.45, 7) is 2.47. The highest BCUT2D eigenvalue weighted by Crippen LogP contribution is 2.39. The van der Waals surface area contributed by atoms with Crippen molar-refractivity contribution < 1.29 is 22.7 Å². The minimum absolute atomic E-state index is 0.0383. The Bertz CT molecular complexity index is 960. The maximum atomic E-state index is 13.0. The van der Waals surface area contributed by atoms with Crippen molar-refractivity contribution in [2.75, 3.05) is 13.2 Å². The standard InChI is InChI=1S/C23H27NO5S/c1-2-28-19-10-12-20(13-11-19)29-16-23(25)24-17-8-9-18(24)15-22(14-17)30(26,27)21-6-4-3-5-7-21/h3-7,10-13,17-18,22H,2,8-9,14-16H2,1H3. The average Bonchev–Trinajstić information content (AvgIpc) is 3.03. The van der Waals surface area contributed by atoms with Gasteiger partial charge in [0.1, 0.15) is 11.5 Å². The summed E-state index contributed by atoms with van der Waals surface area (Å²) in [4.78, 5) is 15.1. The van der Waals surface area contributed by atoms with Crippen LogP contribution in [0.3, 0.4) is 0 Å². The largest absolute Gasteiger partial charge is 0.494 e. The van der Waals surface area contributed by atoms with Crippen molar-refractivity contribution in [1.29, 1.82) is 0 Å². The molecule has 6 nitrogen and oxygen atoms in total. The van der Waals surface area contributed by atoms with E-state index in [1.807, 2.05) is 30.0 Å². The first-order valence-corrected chi connectivity index (χ1v) is 12.0. The van der Waals surface area contributed by atoms with E-state index in [0.29, 0.717) is 30.1 Å². The lowest BCUT2D eigenvalue weighted by Gasteiger charge is -2.38. The molecule has 160 valence electrons. The molecule has 0 N–H and O–H groups in total. The minimum atomic E-state index is -3.38. The van der Waals surface area contributed by atoms with Gasteiger partial charge in [0.2, 0.25) is 0 Å². The van der Waals surface area contributed by atoms with Gasteiger partial charge in [-0.3, -0.25) is 4.79 Å². The number of benzene rings is 2. The number of hydrogen-bond donors (Lipinski definition) is 0. The molecule has 2 atom stereocenters. The van der Waals surface area contributed by atoms with Crippen LogP contribution in [-0.2, 0) is 14.6 Å². The molecule has 2 heterocycles. The van der Waals surface area contributed by atoms with Crippen LogP contribution in [-0.4, -0.2) is 49.8 Å². The number of ether oxygens (including phenoxy) is 2.